The predicted molar refractivity (Wildman–Crippen MR) is 73.7 cm³/mol. The third-order valence-corrected chi connectivity index (χ3v) is 2.85. The van der Waals surface area contributed by atoms with Gasteiger partial charge in [0.2, 0.25) is 0 Å². The largest absolute Gasteiger partial charge is 0.466 e. The molecule has 0 aliphatic rings. The maximum atomic E-state index is 11.4. The molecule has 0 aromatic heterocycles. The van der Waals surface area contributed by atoms with E-state index in [1.807, 2.05) is 6.92 Å². The van der Waals surface area contributed by atoms with Crippen molar-refractivity contribution in [2.24, 2.45) is 0 Å². The normalized spacial score (nSPS) is 12.7. The topological polar surface area (TPSA) is 55.8 Å². The second kappa shape index (κ2) is 10.6. The fourth-order valence-corrected chi connectivity index (χ4v) is 1.64. The monoisotopic (exact) mass is 271 g/mol. The van der Waals surface area contributed by atoms with E-state index in [0.717, 1.165) is 44.6 Å². The van der Waals surface area contributed by atoms with Crippen molar-refractivity contribution in [2.45, 2.75) is 39.7 Å². The molecule has 0 aromatic rings. The molecule has 1 atom stereocenters. The van der Waals surface area contributed by atoms with Gasteiger partial charge in [0.15, 0.2) is 0 Å². The highest BCUT2D eigenvalue weighted by atomic mass is 16.5. The van der Waals surface area contributed by atoms with E-state index in [1.165, 1.54) is 7.11 Å². The zero-order valence-corrected chi connectivity index (χ0v) is 12.3. The van der Waals surface area contributed by atoms with Crippen molar-refractivity contribution in [3.8, 4) is 0 Å². The standard InChI is InChI=1S/C14H25NO4/c1-5-15(6-2)11-7-8-12(3)19-14(17)10-9-13(16)18-4/h9-10,12H,5-8,11H2,1-4H3/b10-9+. The van der Waals surface area contributed by atoms with Crippen LogP contribution in [-0.2, 0) is 19.1 Å². The number of esters is 2. The summed E-state index contributed by atoms with van der Waals surface area (Å²) in [5, 5.41) is 0. The van der Waals surface area contributed by atoms with E-state index in [1.54, 1.807) is 0 Å². The second-order valence-corrected chi connectivity index (χ2v) is 4.27. The van der Waals surface area contributed by atoms with Gasteiger partial charge in [-0.25, -0.2) is 9.59 Å². The summed E-state index contributed by atoms with van der Waals surface area (Å²) in [7, 11) is 1.26. The molecule has 0 amide bonds. The van der Waals surface area contributed by atoms with Gasteiger partial charge in [-0.15, -0.1) is 0 Å². The Morgan fingerprint density at radius 3 is 2.26 bits per heavy atom. The van der Waals surface area contributed by atoms with E-state index < -0.39 is 11.9 Å². The molecule has 0 bridgehead atoms. The molecule has 0 aliphatic carbocycles. The average Bonchev–Trinajstić information content (AvgIpc) is 2.40. The smallest absolute Gasteiger partial charge is 0.331 e. The molecule has 0 spiro atoms. The number of carbonyl (C=O) groups excluding carboxylic acids is 2. The van der Waals surface area contributed by atoms with Crippen LogP contribution < -0.4 is 0 Å². The first-order valence-electron chi connectivity index (χ1n) is 6.72. The zero-order chi connectivity index (χ0) is 14.7. The molecule has 110 valence electrons. The van der Waals surface area contributed by atoms with Gasteiger partial charge in [0, 0.05) is 12.2 Å². The molecule has 0 rings (SSSR count). The Hall–Kier alpha value is -1.36. The third kappa shape index (κ3) is 9.25. The van der Waals surface area contributed by atoms with E-state index in [4.69, 9.17) is 4.74 Å². The maximum absolute atomic E-state index is 11.4. The van der Waals surface area contributed by atoms with E-state index in [0.29, 0.717) is 0 Å². The molecular weight excluding hydrogens is 246 g/mol. The van der Waals surface area contributed by atoms with Gasteiger partial charge in [0.25, 0.3) is 0 Å². The first-order valence-corrected chi connectivity index (χ1v) is 6.72. The van der Waals surface area contributed by atoms with Crippen LogP contribution in [0.5, 0.6) is 0 Å². The molecule has 0 heterocycles. The lowest BCUT2D eigenvalue weighted by atomic mass is 10.2. The van der Waals surface area contributed by atoms with Crippen LogP contribution in [0.2, 0.25) is 0 Å². The first-order chi connectivity index (χ1) is 9.03. The van der Waals surface area contributed by atoms with Crippen LogP contribution in [0.3, 0.4) is 0 Å². The highest BCUT2D eigenvalue weighted by Gasteiger charge is 2.08. The molecule has 0 fully saturated rings. The Morgan fingerprint density at radius 1 is 1.16 bits per heavy atom. The van der Waals surface area contributed by atoms with Crippen LogP contribution >= 0.6 is 0 Å². The minimum Gasteiger partial charge on any atom is -0.466 e. The molecule has 0 aromatic carbocycles. The van der Waals surface area contributed by atoms with Crippen molar-refractivity contribution in [3.05, 3.63) is 12.2 Å². The fraction of sp³-hybridized carbons (Fsp3) is 0.714. The lowest BCUT2D eigenvalue weighted by molar-refractivity contribution is -0.143. The van der Waals surface area contributed by atoms with Crippen LogP contribution in [0.4, 0.5) is 0 Å². The summed E-state index contributed by atoms with van der Waals surface area (Å²) in [6.45, 7) is 9.19. The maximum Gasteiger partial charge on any atom is 0.331 e. The van der Waals surface area contributed by atoms with Crippen LogP contribution in [0.1, 0.15) is 33.6 Å². The summed E-state index contributed by atoms with van der Waals surface area (Å²) in [4.78, 5) is 24.5. The number of hydrogen-bond donors (Lipinski definition) is 0. The van der Waals surface area contributed by atoms with Gasteiger partial charge in [0.1, 0.15) is 0 Å². The minimum atomic E-state index is -0.564. The molecule has 5 nitrogen and oxygen atoms in total. The van der Waals surface area contributed by atoms with Crippen molar-refractivity contribution in [1.82, 2.24) is 4.90 Å². The van der Waals surface area contributed by atoms with Crippen LogP contribution in [0.25, 0.3) is 0 Å². The summed E-state index contributed by atoms with van der Waals surface area (Å²) >= 11 is 0. The molecule has 0 saturated heterocycles. The Morgan fingerprint density at radius 2 is 1.74 bits per heavy atom. The van der Waals surface area contributed by atoms with E-state index in [-0.39, 0.29) is 6.10 Å². The van der Waals surface area contributed by atoms with Crippen molar-refractivity contribution in [2.75, 3.05) is 26.7 Å². The summed E-state index contributed by atoms with van der Waals surface area (Å²) in [5.41, 5.74) is 0. The molecule has 5 heteroatoms. The van der Waals surface area contributed by atoms with Gasteiger partial charge in [-0.3, -0.25) is 0 Å². The lowest BCUT2D eigenvalue weighted by Gasteiger charge is -2.19. The van der Waals surface area contributed by atoms with Crippen LogP contribution in [0, 0.1) is 0 Å². The predicted octanol–water partition coefficient (Wildman–Crippen LogP) is 1.77. The summed E-state index contributed by atoms with van der Waals surface area (Å²) < 4.78 is 9.52. The van der Waals surface area contributed by atoms with Crippen molar-refractivity contribution < 1.29 is 19.1 Å². The Bertz CT molecular complexity index is 298. The SMILES string of the molecule is CCN(CC)CCCC(C)OC(=O)/C=C/C(=O)OC. The summed E-state index contributed by atoms with van der Waals surface area (Å²) in [6, 6.07) is 0. The number of methoxy groups -OCH3 is 1. The van der Waals surface area contributed by atoms with Crippen molar-refractivity contribution in [3.63, 3.8) is 0 Å². The third-order valence-electron chi connectivity index (χ3n) is 2.85. The van der Waals surface area contributed by atoms with Gasteiger partial charge < -0.3 is 14.4 Å². The molecule has 0 saturated carbocycles. The highest BCUT2D eigenvalue weighted by molar-refractivity contribution is 5.91. The molecule has 1 unspecified atom stereocenters. The number of nitrogens with zero attached hydrogens (tertiary/aromatic N) is 1. The Kier molecular flexibility index (Phi) is 9.80. The van der Waals surface area contributed by atoms with Gasteiger partial charge in [0.05, 0.1) is 13.2 Å². The van der Waals surface area contributed by atoms with E-state index >= 15 is 0 Å². The summed E-state index contributed by atoms with van der Waals surface area (Å²) in [5.74, 6) is -1.08. The quantitative estimate of drug-likeness (QED) is 0.472. The Labute approximate surface area is 115 Å². The van der Waals surface area contributed by atoms with Gasteiger partial charge in [-0.05, 0) is 39.4 Å². The molecule has 19 heavy (non-hydrogen) atoms. The van der Waals surface area contributed by atoms with Gasteiger partial charge in [-0.2, -0.15) is 0 Å². The Balaban J connectivity index is 3.85. The van der Waals surface area contributed by atoms with E-state index in [2.05, 4.69) is 23.5 Å². The molecular formula is C14H25NO4. The number of carbonyl (C=O) groups is 2. The van der Waals surface area contributed by atoms with Gasteiger partial charge >= 0.3 is 11.9 Å². The fourth-order valence-electron chi connectivity index (χ4n) is 1.64. The van der Waals surface area contributed by atoms with Crippen LogP contribution in [-0.4, -0.2) is 49.7 Å². The highest BCUT2D eigenvalue weighted by Crippen LogP contribution is 2.04. The van der Waals surface area contributed by atoms with Crippen molar-refractivity contribution in [1.29, 1.82) is 0 Å². The lowest BCUT2D eigenvalue weighted by Crippen LogP contribution is -2.25. The number of hydrogen-bond acceptors (Lipinski definition) is 5. The second-order valence-electron chi connectivity index (χ2n) is 4.27. The van der Waals surface area contributed by atoms with E-state index in [9.17, 15) is 9.59 Å². The van der Waals surface area contributed by atoms with Crippen LogP contribution in [0.15, 0.2) is 12.2 Å². The molecule has 0 radical (unpaired) electrons. The van der Waals surface area contributed by atoms with Crippen molar-refractivity contribution >= 4 is 11.9 Å². The molecule has 0 aliphatic heterocycles. The zero-order valence-electron chi connectivity index (χ0n) is 12.3. The first kappa shape index (κ1) is 17.6. The molecule has 0 N–H and O–H groups in total. The average molecular weight is 271 g/mol. The number of ether oxygens (including phenoxy) is 2. The van der Waals surface area contributed by atoms with Gasteiger partial charge in [-0.1, -0.05) is 13.8 Å². The number of rotatable bonds is 9. The minimum absolute atomic E-state index is 0.148. The summed E-state index contributed by atoms with van der Waals surface area (Å²) in [6.07, 6.45) is 3.80.